The Morgan fingerprint density at radius 3 is 2.59 bits per heavy atom. The number of nitrogens with zero attached hydrogens (tertiary/aromatic N) is 1. The maximum Gasteiger partial charge on any atom is 0.434 e. The van der Waals surface area contributed by atoms with Crippen molar-refractivity contribution in [2.45, 2.75) is 0 Å². The minimum Gasteiger partial charge on any atom is -0.400 e. The van der Waals surface area contributed by atoms with Gasteiger partial charge in [-0.3, -0.25) is 10.1 Å². The van der Waals surface area contributed by atoms with Crippen LogP contribution in [-0.2, 0) is 0 Å². The normalized spacial score (nSPS) is 11.1. The summed E-state index contributed by atoms with van der Waals surface area (Å²) in [5.41, 5.74) is 0.497. The largest absolute Gasteiger partial charge is 0.434 e. The lowest BCUT2D eigenvalue weighted by atomic mass is 10.1. The van der Waals surface area contributed by atoms with E-state index in [1.54, 1.807) is 6.07 Å². The second-order valence-corrected chi connectivity index (χ2v) is 4.07. The monoisotopic (exact) mass is 247 g/mol. The summed E-state index contributed by atoms with van der Waals surface area (Å²) in [7, 11) is 0. The Balaban J connectivity index is 2.50. The van der Waals surface area contributed by atoms with Gasteiger partial charge in [-0.05, 0) is 6.07 Å². The molecule has 0 N–H and O–H groups in total. The van der Waals surface area contributed by atoms with E-state index in [0.29, 0.717) is 16.0 Å². The number of hydrogen-bond donors (Lipinski definition) is 0. The fourth-order valence-electron chi connectivity index (χ4n) is 1.90. The van der Waals surface area contributed by atoms with Crippen LogP contribution < -0.4 is 0 Å². The lowest BCUT2D eigenvalue weighted by Gasteiger charge is -1.99. The summed E-state index contributed by atoms with van der Waals surface area (Å²) in [5, 5.41) is 13.5. The molecule has 0 spiro atoms. The Bertz CT molecular complexity index is 748. The first kappa shape index (κ1) is 10.1. The molecule has 0 radical (unpaired) electrons. The van der Waals surface area contributed by atoms with Crippen LogP contribution in [0.25, 0.3) is 21.7 Å². The van der Waals surface area contributed by atoms with E-state index < -0.39 is 4.92 Å². The number of rotatable bonds is 1. The Kier molecular flexibility index (Phi) is 2.06. The SMILES string of the molecule is O=[N+]([O-])c1cc2cc(Cl)c3ccccc3c2o1. The van der Waals surface area contributed by atoms with E-state index in [0.717, 1.165) is 10.8 Å². The molecule has 0 amide bonds. The molecule has 0 fully saturated rings. The van der Waals surface area contributed by atoms with Crippen molar-refractivity contribution < 1.29 is 9.34 Å². The molecule has 3 rings (SSSR count). The van der Waals surface area contributed by atoms with Crippen molar-refractivity contribution in [3.05, 3.63) is 51.5 Å². The molecule has 0 saturated heterocycles. The zero-order chi connectivity index (χ0) is 12.0. The van der Waals surface area contributed by atoms with Crippen LogP contribution in [0.15, 0.2) is 40.8 Å². The average Bonchev–Trinajstić information content (AvgIpc) is 2.73. The van der Waals surface area contributed by atoms with Gasteiger partial charge in [0.1, 0.15) is 10.5 Å². The van der Waals surface area contributed by atoms with E-state index in [1.807, 2.05) is 24.3 Å². The standard InChI is InChI=1S/C12H6ClNO3/c13-10-5-7-6-11(14(15)16)17-12(7)9-4-2-1-3-8(9)10/h1-6H. The zero-order valence-corrected chi connectivity index (χ0v) is 9.27. The molecular weight excluding hydrogens is 242 g/mol. The maximum atomic E-state index is 10.7. The molecule has 4 nitrogen and oxygen atoms in total. The molecule has 1 aromatic heterocycles. The average molecular weight is 248 g/mol. The van der Waals surface area contributed by atoms with Crippen molar-refractivity contribution in [2.24, 2.45) is 0 Å². The number of nitro groups is 1. The molecule has 0 unspecified atom stereocenters. The summed E-state index contributed by atoms with van der Waals surface area (Å²) in [6.07, 6.45) is 0. The lowest BCUT2D eigenvalue weighted by Crippen LogP contribution is -1.82. The highest BCUT2D eigenvalue weighted by Crippen LogP contribution is 2.35. The third kappa shape index (κ3) is 1.45. The molecule has 0 saturated carbocycles. The van der Waals surface area contributed by atoms with Gasteiger partial charge in [-0.25, -0.2) is 0 Å². The zero-order valence-electron chi connectivity index (χ0n) is 8.51. The highest BCUT2D eigenvalue weighted by atomic mass is 35.5. The van der Waals surface area contributed by atoms with Gasteiger partial charge in [0.25, 0.3) is 0 Å². The fraction of sp³-hybridized carbons (Fsp3) is 0. The van der Waals surface area contributed by atoms with E-state index in [4.69, 9.17) is 16.0 Å². The number of benzene rings is 2. The van der Waals surface area contributed by atoms with Crippen LogP contribution in [0.2, 0.25) is 5.02 Å². The summed E-state index contributed by atoms with van der Waals surface area (Å²) in [6.45, 7) is 0. The Morgan fingerprint density at radius 2 is 1.88 bits per heavy atom. The van der Waals surface area contributed by atoms with E-state index in [9.17, 15) is 10.1 Å². The first-order valence-corrected chi connectivity index (χ1v) is 5.30. The maximum absolute atomic E-state index is 10.7. The molecule has 1 heterocycles. The Labute approximate surface area is 101 Å². The van der Waals surface area contributed by atoms with Gasteiger partial charge in [0.15, 0.2) is 0 Å². The summed E-state index contributed by atoms with van der Waals surface area (Å²) < 4.78 is 5.24. The van der Waals surface area contributed by atoms with E-state index >= 15 is 0 Å². The smallest absolute Gasteiger partial charge is 0.400 e. The molecule has 3 aromatic rings. The van der Waals surface area contributed by atoms with Crippen molar-refractivity contribution in [1.82, 2.24) is 0 Å². The Hall–Kier alpha value is -2.07. The van der Waals surface area contributed by atoms with Crippen molar-refractivity contribution in [2.75, 3.05) is 0 Å². The van der Waals surface area contributed by atoms with Crippen LogP contribution >= 0.6 is 11.6 Å². The number of halogens is 1. The molecule has 0 aliphatic heterocycles. The van der Waals surface area contributed by atoms with Crippen LogP contribution in [0.4, 0.5) is 5.88 Å². The predicted molar refractivity (Wildman–Crippen MR) is 65.4 cm³/mol. The van der Waals surface area contributed by atoms with Crippen LogP contribution in [0.5, 0.6) is 0 Å². The lowest BCUT2D eigenvalue weighted by molar-refractivity contribution is -0.401. The number of fused-ring (bicyclic) bond motifs is 3. The summed E-state index contributed by atoms with van der Waals surface area (Å²) >= 11 is 6.11. The second-order valence-electron chi connectivity index (χ2n) is 3.66. The van der Waals surface area contributed by atoms with Crippen molar-refractivity contribution >= 4 is 39.2 Å². The third-order valence-electron chi connectivity index (χ3n) is 2.64. The van der Waals surface area contributed by atoms with Gasteiger partial charge in [-0.15, -0.1) is 0 Å². The molecule has 0 atom stereocenters. The van der Waals surface area contributed by atoms with Gasteiger partial charge < -0.3 is 4.42 Å². The van der Waals surface area contributed by atoms with Crippen LogP contribution in [0.3, 0.4) is 0 Å². The molecule has 5 heteroatoms. The highest BCUT2D eigenvalue weighted by Gasteiger charge is 2.16. The molecule has 17 heavy (non-hydrogen) atoms. The van der Waals surface area contributed by atoms with E-state index in [1.165, 1.54) is 6.07 Å². The van der Waals surface area contributed by atoms with E-state index in [-0.39, 0.29) is 5.88 Å². The second kappa shape index (κ2) is 3.46. The molecule has 84 valence electrons. The highest BCUT2D eigenvalue weighted by molar-refractivity contribution is 6.37. The van der Waals surface area contributed by atoms with Gasteiger partial charge in [0.2, 0.25) is 0 Å². The van der Waals surface area contributed by atoms with Gasteiger partial charge in [0.05, 0.1) is 6.07 Å². The van der Waals surface area contributed by atoms with Crippen molar-refractivity contribution in [3.63, 3.8) is 0 Å². The quantitative estimate of drug-likeness (QED) is 0.479. The summed E-state index contributed by atoms with van der Waals surface area (Å²) in [5.74, 6) is -0.271. The molecule has 2 aromatic carbocycles. The topological polar surface area (TPSA) is 56.3 Å². The van der Waals surface area contributed by atoms with Gasteiger partial charge in [0, 0.05) is 21.2 Å². The van der Waals surface area contributed by atoms with Crippen LogP contribution in [-0.4, -0.2) is 4.92 Å². The predicted octanol–water partition coefficient (Wildman–Crippen LogP) is 4.15. The first-order chi connectivity index (χ1) is 8.16. The minimum absolute atomic E-state index is 0.271. The van der Waals surface area contributed by atoms with E-state index in [2.05, 4.69) is 0 Å². The third-order valence-corrected chi connectivity index (χ3v) is 2.95. The fourth-order valence-corrected chi connectivity index (χ4v) is 2.19. The van der Waals surface area contributed by atoms with Gasteiger partial charge in [-0.1, -0.05) is 35.9 Å². The summed E-state index contributed by atoms with van der Waals surface area (Å²) in [4.78, 5) is 10.1. The molecule has 0 bridgehead atoms. The molecular formula is C12H6ClNO3. The number of furan rings is 1. The minimum atomic E-state index is -0.553. The Morgan fingerprint density at radius 1 is 1.18 bits per heavy atom. The van der Waals surface area contributed by atoms with Crippen LogP contribution in [0, 0.1) is 10.1 Å². The molecule has 0 aliphatic rings. The molecule has 0 aliphatic carbocycles. The van der Waals surface area contributed by atoms with Crippen LogP contribution in [0.1, 0.15) is 0 Å². The number of hydrogen-bond acceptors (Lipinski definition) is 3. The van der Waals surface area contributed by atoms with Gasteiger partial charge in [-0.2, -0.15) is 0 Å². The van der Waals surface area contributed by atoms with Crippen molar-refractivity contribution in [3.8, 4) is 0 Å². The van der Waals surface area contributed by atoms with Crippen molar-refractivity contribution in [1.29, 1.82) is 0 Å². The summed E-state index contributed by atoms with van der Waals surface area (Å²) in [6, 6.07) is 10.4. The van der Waals surface area contributed by atoms with Gasteiger partial charge >= 0.3 is 5.88 Å². The first-order valence-electron chi connectivity index (χ1n) is 4.92.